The van der Waals surface area contributed by atoms with Crippen LogP contribution in [0.2, 0.25) is 0 Å². The number of hydrogen-bond donors (Lipinski definition) is 2. The fourth-order valence-corrected chi connectivity index (χ4v) is 5.06. The van der Waals surface area contributed by atoms with Gasteiger partial charge in [0.15, 0.2) is 6.19 Å². The Bertz CT molecular complexity index is 1330. The van der Waals surface area contributed by atoms with Gasteiger partial charge in [0.1, 0.15) is 10.4 Å². The zero-order valence-corrected chi connectivity index (χ0v) is 18.7. The summed E-state index contributed by atoms with van der Waals surface area (Å²) in [7, 11) is 0. The molecule has 1 aliphatic heterocycles. The Hall–Kier alpha value is -3.49. The second-order valence-electron chi connectivity index (χ2n) is 7.57. The number of nitrogens with zero attached hydrogens (tertiary/aromatic N) is 5. The Morgan fingerprint density at radius 3 is 2.69 bits per heavy atom. The number of nitrogens with one attached hydrogen (secondary N) is 2. The van der Waals surface area contributed by atoms with Crippen LogP contribution >= 0.6 is 11.3 Å². The zero-order chi connectivity index (χ0) is 22.8. The van der Waals surface area contributed by atoms with Gasteiger partial charge in [-0.15, -0.1) is 11.3 Å². The van der Waals surface area contributed by atoms with Crippen LogP contribution in [0.1, 0.15) is 28.0 Å². The molecule has 0 aliphatic carbocycles. The molecule has 166 valence electrons. The van der Waals surface area contributed by atoms with Gasteiger partial charge in [0.25, 0.3) is 11.5 Å². The van der Waals surface area contributed by atoms with E-state index in [0.29, 0.717) is 23.3 Å². The van der Waals surface area contributed by atoms with Crippen LogP contribution in [0.3, 0.4) is 0 Å². The highest BCUT2D eigenvalue weighted by Crippen LogP contribution is 2.24. The predicted molar refractivity (Wildman–Crippen MR) is 122 cm³/mol. The van der Waals surface area contributed by atoms with E-state index in [1.54, 1.807) is 19.2 Å². The number of carbonyl (C=O) groups excluding carboxylic acids is 1. The monoisotopic (exact) mass is 453 g/mol. The normalized spacial score (nSPS) is 14.5. The van der Waals surface area contributed by atoms with Crippen molar-refractivity contribution < 1.29 is 4.79 Å². The number of H-pyrrole nitrogens is 1. The Morgan fingerprint density at radius 1 is 1.28 bits per heavy atom. The maximum absolute atomic E-state index is 12.5. The first-order chi connectivity index (χ1) is 15.4. The molecule has 11 heteroatoms. The van der Waals surface area contributed by atoms with Gasteiger partial charge in [-0.05, 0) is 32.0 Å². The van der Waals surface area contributed by atoms with E-state index in [1.165, 1.54) is 15.9 Å². The molecule has 10 nitrogen and oxygen atoms in total. The first-order valence-corrected chi connectivity index (χ1v) is 11.1. The number of rotatable bonds is 5. The molecule has 3 aromatic rings. The SMILES string of the molecule is CCn1c(=O)[nH]c2cc(CN3CCN(c4ccc(C(=O)NC#N)nc4C)CC3)sc2c1=O. The van der Waals surface area contributed by atoms with Crippen LogP contribution in [-0.4, -0.2) is 51.5 Å². The lowest BCUT2D eigenvalue weighted by Gasteiger charge is -2.36. The summed E-state index contributed by atoms with van der Waals surface area (Å²) in [4.78, 5) is 49.0. The number of aromatic nitrogens is 3. The minimum atomic E-state index is -0.512. The Morgan fingerprint density at radius 2 is 2.03 bits per heavy atom. The van der Waals surface area contributed by atoms with Crippen molar-refractivity contribution in [3.63, 3.8) is 0 Å². The van der Waals surface area contributed by atoms with E-state index in [9.17, 15) is 14.4 Å². The predicted octanol–water partition coefficient (Wildman–Crippen LogP) is 1.01. The van der Waals surface area contributed by atoms with Crippen LogP contribution in [0.25, 0.3) is 10.2 Å². The Kier molecular flexibility index (Phi) is 6.07. The van der Waals surface area contributed by atoms with Crippen LogP contribution in [-0.2, 0) is 13.1 Å². The largest absolute Gasteiger partial charge is 0.368 e. The van der Waals surface area contributed by atoms with Gasteiger partial charge in [0, 0.05) is 44.1 Å². The van der Waals surface area contributed by atoms with Gasteiger partial charge in [0.05, 0.1) is 16.9 Å². The lowest BCUT2D eigenvalue weighted by Crippen LogP contribution is -2.46. The summed E-state index contributed by atoms with van der Waals surface area (Å²) in [6.07, 6.45) is 1.62. The molecular weight excluding hydrogens is 430 g/mol. The molecule has 3 aromatic heterocycles. The first kappa shape index (κ1) is 21.7. The van der Waals surface area contributed by atoms with E-state index in [1.807, 2.05) is 19.1 Å². The Balaban J connectivity index is 1.43. The molecule has 1 aliphatic rings. The molecule has 0 atom stereocenters. The van der Waals surface area contributed by atoms with Crippen molar-refractivity contribution in [2.24, 2.45) is 0 Å². The molecule has 0 radical (unpaired) electrons. The highest BCUT2D eigenvalue weighted by Gasteiger charge is 2.21. The van der Waals surface area contributed by atoms with Gasteiger partial charge in [-0.2, -0.15) is 5.26 Å². The Labute approximate surface area is 187 Å². The number of pyridine rings is 1. The molecule has 1 fully saturated rings. The molecule has 2 N–H and O–H groups in total. The minimum absolute atomic E-state index is 0.219. The second kappa shape index (κ2) is 8.94. The number of thiophene rings is 1. The minimum Gasteiger partial charge on any atom is -0.368 e. The molecule has 32 heavy (non-hydrogen) atoms. The molecule has 1 amide bonds. The summed E-state index contributed by atoms with van der Waals surface area (Å²) in [5.74, 6) is -0.512. The molecule has 0 saturated carbocycles. The van der Waals surface area contributed by atoms with Crippen molar-refractivity contribution in [3.8, 4) is 6.19 Å². The van der Waals surface area contributed by atoms with Crippen molar-refractivity contribution in [1.82, 2.24) is 24.8 Å². The lowest BCUT2D eigenvalue weighted by atomic mass is 10.2. The average molecular weight is 454 g/mol. The molecule has 4 heterocycles. The van der Waals surface area contributed by atoms with Crippen molar-refractivity contribution in [3.05, 3.63) is 55.3 Å². The van der Waals surface area contributed by atoms with E-state index in [4.69, 9.17) is 5.26 Å². The third-order valence-corrected chi connectivity index (χ3v) is 6.69. The van der Waals surface area contributed by atoms with Crippen LogP contribution in [0.15, 0.2) is 27.8 Å². The summed E-state index contributed by atoms with van der Waals surface area (Å²) in [5.41, 5.74) is 1.93. The van der Waals surface area contributed by atoms with Gasteiger partial charge in [-0.3, -0.25) is 24.4 Å². The third kappa shape index (κ3) is 4.15. The fraction of sp³-hybridized carbons (Fsp3) is 0.381. The van der Waals surface area contributed by atoms with E-state index in [0.717, 1.165) is 42.4 Å². The highest BCUT2D eigenvalue weighted by atomic mass is 32.1. The van der Waals surface area contributed by atoms with Crippen LogP contribution < -0.4 is 21.5 Å². The summed E-state index contributed by atoms with van der Waals surface area (Å²) in [6.45, 7) is 7.96. The van der Waals surface area contributed by atoms with Gasteiger partial charge >= 0.3 is 5.69 Å². The number of anilines is 1. The van der Waals surface area contributed by atoms with Gasteiger partial charge in [-0.1, -0.05) is 0 Å². The molecular formula is C21H23N7O3S. The molecule has 0 aromatic carbocycles. The average Bonchev–Trinajstić information content (AvgIpc) is 3.17. The zero-order valence-electron chi connectivity index (χ0n) is 17.8. The third-order valence-electron chi connectivity index (χ3n) is 5.58. The topological polar surface area (TPSA) is 127 Å². The van der Waals surface area contributed by atoms with Crippen molar-refractivity contribution >= 4 is 33.1 Å². The number of aromatic amines is 1. The molecule has 0 spiro atoms. The number of nitriles is 1. The lowest BCUT2D eigenvalue weighted by molar-refractivity contribution is 0.0968. The van der Waals surface area contributed by atoms with Crippen molar-refractivity contribution in [2.75, 3.05) is 31.1 Å². The molecule has 0 bridgehead atoms. The van der Waals surface area contributed by atoms with Gasteiger partial charge in [0.2, 0.25) is 0 Å². The first-order valence-electron chi connectivity index (χ1n) is 10.3. The number of amides is 1. The molecule has 1 saturated heterocycles. The fourth-order valence-electron chi connectivity index (χ4n) is 3.95. The van der Waals surface area contributed by atoms with Crippen molar-refractivity contribution in [1.29, 1.82) is 5.26 Å². The van der Waals surface area contributed by atoms with E-state index in [-0.39, 0.29) is 16.9 Å². The highest BCUT2D eigenvalue weighted by molar-refractivity contribution is 7.18. The van der Waals surface area contributed by atoms with Crippen LogP contribution in [0, 0.1) is 18.4 Å². The maximum atomic E-state index is 12.5. The van der Waals surface area contributed by atoms with Gasteiger partial charge in [-0.25, -0.2) is 9.78 Å². The van der Waals surface area contributed by atoms with E-state index in [2.05, 4.69) is 25.1 Å². The quantitative estimate of drug-likeness (QED) is 0.436. The van der Waals surface area contributed by atoms with Crippen LogP contribution in [0.5, 0.6) is 0 Å². The van der Waals surface area contributed by atoms with E-state index >= 15 is 0 Å². The maximum Gasteiger partial charge on any atom is 0.328 e. The molecule has 0 unspecified atom stereocenters. The summed E-state index contributed by atoms with van der Waals surface area (Å²) in [6, 6.07) is 5.39. The van der Waals surface area contributed by atoms with E-state index < -0.39 is 5.91 Å². The number of fused-ring (bicyclic) bond motifs is 1. The smallest absolute Gasteiger partial charge is 0.328 e. The number of aryl methyl sites for hydroxylation is 1. The summed E-state index contributed by atoms with van der Waals surface area (Å²) in [5, 5.41) is 10.7. The summed E-state index contributed by atoms with van der Waals surface area (Å²) >= 11 is 1.43. The number of piperazine rings is 1. The molecule has 4 rings (SSSR count). The number of hydrogen-bond acceptors (Lipinski definition) is 8. The number of carbonyl (C=O) groups is 1. The summed E-state index contributed by atoms with van der Waals surface area (Å²) < 4.78 is 1.80. The standard InChI is InChI=1S/C21H23N7O3S/c1-3-28-20(30)18-16(25-21(28)31)10-14(32-18)11-26-6-8-27(9-7-26)17-5-4-15(24-13(17)2)19(29)23-12-22/h4-5,10H,3,6-9,11H2,1-2H3,(H,23,29)(H,25,31). The second-order valence-corrected chi connectivity index (χ2v) is 8.70. The van der Waals surface area contributed by atoms with Crippen LogP contribution in [0.4, 0.5) is 5.69 Å². The van der Waals surface area contributed by atoms with Crippen molar-refractivity contribution in [2.45, 2.75) is 26.9 Å². The van der Waals surface area contributed by atoms with Gasteiger partial charge < -0.3 is 9.88 Å².